The Hall–Kier alpha value is 0.892. The summed E-state index contributed by atoms with van der Waals surface area (Å²) in [5.74, 6) is 0. The summed E-state index contributed by atoms with van der Waals surface area (Å²) in [5.41, 5.74) is 0. The molecular formula is C9H14Cl2PPd+. The van der Waals surface area contributed by atoms with Gasteiger partial charge in [0.25, 0.3) is 0 Å². The third-order valence-electron chi connectivity index (χ3n) is 1.53. The molecule has 13 heavy (non-hydrogen) atoms. The Balaban J connectivity index is 0.000000424. The molecule has 0 spiro atoms. The molecule has 4 heteroatoms. The normalized spacial score (nSPS) is 10.5. The van der Waals surface area contributed by atoms with Crippen LogP contribution in [-0.4, -0.2) is 20.0 Å². The monoisotopic (exact) mass is 329 g/mol. The van der Waals surface area contributed by atoms with Crippen molar-refractivity contribution in [1.29, 1.82) is 0 Å². The molecule has 1 aromatic carbocycles. The Bertz CT molecular complexity index is 221. The van der Waals surface area contributed by atoms with Crippen molar-refractivity contribution in [2.45, 2.75) is 0 Å². The molecule has 0 saturated carbocycles. The summed E-state index contributed by atoms with van der Waals surface area (Å²) < 4.78 is 0. The number of rotatable bonds is 1. The number of hydrogen-bond donors (Lipinski definition) is 0. The van der Waals surface area contributed by atoms with Crippen LogP contribution in [0.1, 0.15) is 0 Å². The summed E-state index contributed by atoms with van der Waals surface area (Å²) in [6.07, 6.45) is 0. The van der Waals surface area contributed by atoms with Gasteiger partial charge in [-0.2, -0.15) is 0 Å². The second-order valence-corrected chi connectivity index (χ2v) is 10.3. The molecule has 0 unspecified atom stereocenters. The van der Waals surface area contributed by atoms with Gasteiger partial charge in [0.15, 0.2) is 0 Å². The first-order valence-corrected chi connectivity index (χ1v) is 10.8. The van der Waals surface area contributed by atoms with Gasteiger partial charge in [-0.1, -0.05) is 18.2 Å². The SMILES string of the molecule is C[P+](C)(C)c1ccccc1.[Cl][Pd][Cl]. The summed E-state index contributed by atoms with van der Waals surface area (Å²) in [5, 5.41) is 1.51. The zero-order valence-electron chi connectivity index (χ0n) is 7.91. The van der Waals surface area contributed by atoms with Crippen molar-refractivity contribution in [2.24, 2.45) is 0 Å². The molecule has 0 aliphatic carbocycles. The van der Waals surface area contributed by atoms with E-state index >= 15 is 0 Å². The molecular weight excluding hydrogens is 316 g/mol. The Morgan fingerprint density at radius 2 is 1.38 bits per heavy atom. The van der Waals surface area contributed by atoms with Crippen molar-refractivity contribution in [1.82, 2.24) is 0 Å². The van der Waals surface area contributed by atoms with Gasteiger partial charge >= 0.3 is 35.0 Å². The average molecular weight is 331 g/mol. The molecule has 0 heterocycles. The summed E-state index contributed by atoms with van der Waals surface area (Å²) in [6, 6.07) is 10.7. The second-order valence-electron chi connectivity index (χ2n) is 3.39. The van der Waals surface area contributed by atoms with Crippen molar-refractivity contribution in [2.75, 3.05) is 20.0 Å². The third kappa shape index (κ3) is 6.90. The van der Waals surface area contributed by atoms with Crippen molar-refractivity contribution in [3.63, 3.8) is 0 Å². The molecule has 1 rings (SSSR count). The van der Waals surface area contributed by atoms with E-state index in [2.05, 4.69) is 50.3 Å². The molecule has 0 aliphatic heterocycles. The zero-order valence-corrected chi connectivity index (χ0v) is 11.9. The summed E-state index contributed by atoms with van der Waals surface area (Å²) in [4.78, 5) is 0. The predicted octanol–water partition coefficient (Wildman–Crippen LogP) is 3.60. The van der Waals surface area contributed by atoms with Crippen molar-refractivity contribution in [3.8, 4) is 0 Å². The number of hydrogen-bond acceptors (Lipinski definition) is 0. The van der Waals surface area contributed by atoms with Crippen LogP contribution in [0, 0.1) is 0 Å². The molecule has 0 N–H and O–H groups in total. The second kappa shape index (κ2) is 7.22. The van der Waals surface area contributed by atoms with Crippen LogP contribution in [0.3, 0.4) is 0 Å². The van der Waals surface area contributed by atoms with Gasteiger partial charge in [-0.15, -0.1) is 0 Å². The van der Waals surface area contributed by atoms with Crippen LogP contribution in [0.2, 0.25) is 0 Å². The van der Waals surface area contributed by atoms with Crippen LogP contribution in [-0.2, 0) is 15.9 Å². The van der Waals surface area contributed by atoms with Crippen molar-refractivity contribution in [3.05, 3.63) is 30.3 Å². The number of benzene rings is 1. The van der Waals surface area contributed by atoms with E-state index in [0.717, 1.165) is 0 Å². The molecule has 1 aromatic rings. The van der Waals surface area contributed by atoms with Gasteiger partial charge in [-0.25, -0.2) is 0 Å². The summed E-state index contributed by atoms with van der Waals surface area (Å²) in [6.45, 7) is 7.01. The molecule has 0 bridgehead atoms. The Labute approximate surface area is 97.5 Å². The molecule has 0 radical (unpaired) electrons. The van der Waals surface area contributed by atoms with Crippen molar-refractivity contribution >= 4 is 31.6 Å². The zero-order chi connectivity index (χ0) is 10.3. The van der Waals surface area contributed by atoms with Crippen molar-refractivity contribution < 1.29 is 15.9 Å². The van der Waals surface area contributed by atoms with Crippen LogP contribution >= 0.6 is 26.3 Å². The first-order valence-electron chi connectivity index (χ1n) is 3.71. The minimum absolute atomic E-state index is 0.106. The van der Waals surface area contributed by atoms with E-state index in [1.165, 1.54) is 5.30 Å². The fourth-order valence-electron chi connectivity index (χ4n) is 0.875. The maximum atomic E-state index is 4.81. The summed E-state index contributed by atoms with van der Waals surface area (Å²) >= 11 is -0.106. The summed E-state index contributed by atoms with van der Waals surface area (Å²) in [7, 11) is 8.86. The molecule has 0 amide bonds. The van der Waals surface area contributed by atoms with Gasteiger partial charge in [-0.05, 0) is 12.1 Å². The third-order valence-corrected chi connectivity index (χ3v) is 3.38. The predicted molar refractivity (Wildman–Crippen MR) is 62.5 cm³/mol. The molecule has 0 saturated heterocycles. The fraction of sp³-hybridized carbons (Fsp3) is 0.333. The van der Waals surface area contributed by atoms with Crippen LogP contribution in [0.5, 0.6) is 0 Å². The first-order chi connectivity index (χ1) is 6.02. The van der Waals surface area contributed by atoms with Crippen LogP contribution in [0.15, 0.2) is 30.3 Å². The standard InChI is InChI=1S/C9H14P.2ClH.Pd/c1-10(2,3)9-7-5-4-6-8-9;;;/h4-8H,1-3H3;2*1H;/q+1;;;+2/p-2. The number of halogens is 2. The van der Waals surface area contributed by atoms with E-state index in [1.54, 1.807) is 0 Å². The van der Waals surface area contributed by atoms with Gasteiger partial charge in [0.2, 0.25) is 0 Å². The Kier molecular flexibility index (Phi) is 7.71. The van der Waals surface area contributed by atoms with Gasteiger partial charge in [0.1, 0.15) is 0 Å². The van der Waals surface area contributed by atoms with Gasteiger partial charge in [0, 0.05) is 7.26 Å². The average Bonchev–Trinajstić information content (AvgIpc) is 2.06. The van der Waals surface area contributed by atoms with Gasteiger partial charge < -0.3 is 0 Å². The van der Waals surface area contributed by atoms with E-state index in [9.17, 15) is 0 Å². The van der Waals surface area contributed by atoms with E-state index < -0.39 is 7.26 Å². The van der Waals surface area contributed by atoms with Crippen LogP contribution < -0.4 is 5.30 Å². The molecule has 0 aromatic heterocycles. The molecule has 0 fully saturated rings. The Morgan fingerprint density at radius 1 is 1.00 bits per heavy atom. The molecule has 0 atom stereocenters. The van der Waals surface area contributed by atoms with Gasteiger partial charge in [-0.3, -0.25) is 0 Å². The van der Waals surface area contributed by atoms with E-state index in [1.807, 2.05) is 0 Å². The molecule has 0 nitrogen and oxygen atoms in total. The van der Waals surface area contributed by atoms with E-state index in [4.69, 9.17) is 19.1 Å². The van der Waals surface area contributed by atoms with E-state index in [-0.39, 0.29) is 15.9 Å². The topological polar surface area (TPSA) is 0 Å². The molecule has 78 valence electrons. The van der Waals surface area contributed by atoms with Crippen LogP contribution in [0.25, 0.3) is 0 Å². The molecule has 0 aliphatic rings. The van der Waals surface area contributed by atoms with Gasteiger partial charge in [0.05, 0.1) is 25.3 Å². The van der Waals surface area contributed by atoms with E-state index in [0.29, 0.717) is 0 Å². The quantitative estimate of drug-likeness (QED) is 0.545. The fourth-order valence-corrected chi connectivity index (χ4v) is 1.94. The minimum atomic E-state index is -0.768. The van der Waals surface area contributed by atoms with Crippen LogP contribution in [0.4, 0.5) is 0 Å². The first kappa shape index (κ1) is 13.9. The Morgan fingerprint density at radius 3 is 1.62 bits per heavy atom. The maximum absolute atomic E-state index is 4.81.